The molecule has 1 spiro atoms. The summed E-state index contributed by atoms with van der Waals surface area (Å²) in [5.74, 6) is 0.336. The third-order valence-electron chi connectivity index (χ3n) is 5.02. The molecule has 0 amide bonds. The van der Waals surface area contributed by atoms with E-state index in [2.05, 4.69) is 28.9 Å². The van der Waals surface area contributed by atoms with E-state index >= 15 is 0 Å². The molecule has 0 bridgehead atoms. The number of aliphatic hydroxyl groups is 1. The molecule has 1 heterocycles. The highest BCUT2D eigenvalue weighted by atomic mass is 79.9. The number of aliphatic hydroxyl groups excluding tert-OH is 1. The lowest BCUT2D eigenvalue weighted by Gasteiger charge is -2.40. The molecule has 1 aliphatic carbocycles. The lowest BCUT2D eigenvalue weighted by molar-refractivity contribution is -0.113. The van der Waals surface area contributed by atoms with Gasteiger partial charge in [-0.2, -0.15) is 0 Å². The Balaban J connectivity index is 1.75. The van der Waals surface area contributed by atoms with Gasteiger partial charge in [0.25, 0.3) is 0 Å². The van der Waals surface area contributed by atoms with Crippen LogP contribution >= 0.6 is 15.9 Å². The average Bonchev–Trinajstić information content (AvgIpc) is 2.89. The molecule has 3 rings (SSSR count). The van der Waals surface area contributed by atoms with Crippen LogP contribution < -0.4 is 0 Å². The Kier molecular flexibility index (Phi) is 4.21. The highest BCUT2D eigenvalue weighted by molar-refractivity contribution is 9.10. The molecule has 1 aromatic carbocycles. The van der Waals surface area contributed by atoms with E-state index in [0.717, 1.165) is 29.5 Å². The van der Waals surface area contributed by atoms with Crippen molar-refractivity contribution >= 4 is 15.9 Å². The maximum absolute atomic E-state index is 10.7. The summed E-state index contributed by atoms with van der Waals surface area (Å²) >= 11 is 3.52. The smallest absolute Gasteiger partial charge is 0.0820 e. The number of halogens is 1. The second-order valence-corrected chi connectivity index (χ2v) is 7.30. The largest absolute Gasteiger partial charge is 0.388 e. The first-order chi connectivity index (χ1) is 9.60. The van der Waals surface area contributed by atoms with Crippen LogP contribution in [0.4, 0.5) is 0 Å². The van der Waals surface area contributed by atoms with Crippen LogP contribution in [-0.2, 0) is 4.74 Å². The van der Waals surface area contributed by atoms with Crippen LogP contribution in [0.2, 0.25) is 0 Å². The van der Waals surface area contributed by atoms with Crippen molar-refractivity contribution in [2.75, 3.05) is 6.61 Å². The Bertz CT molecular complexity index is 480. The second-order valence-electron chi connectivity index (χ2n) is 6.44. The molecule has 2 nitrogen and oxygen atoms in total. The minimum absolute atomic E-state index is 0.0777. The van der Waals surface area contributed by atoms with Crippen molar-refractivity contribution in [1.82, 2.24) is 0 Å². The molecule has 1 N–H and O–H groups in total. The lowest BCUT2D eigenvalue weighted by Crippen LogP contribution is -2.39. The molecule has 3 heteroatoms. The predicted octanol–water partition coefficient (Wildman–Crippen LogP) is 4.53. The topological polar surface area (TPSA) is 29.5 Å². The molecule has 2 unspecified atom stereocenters. The van der Waals surface area contributed by atoms with Gasteiger partial charge in [-0.3, -0.25) is 0 Å². The summed E-state index contributed by atoms with van der Waals surface area (Å²) in [7, 11) is 0. The van der Waals surface area contributed by atoms with Gasteiger partial charge in [-0.25, -0.2) is 0 Å². The molecule has 1 saturated carbocycles. The van der Waals surface area contributed by atoms with Crippen LogP contribution in [0.5, 0.6) is 0 Å². The zero-order valence-corrected chi connectivity index (χ0v) is 13.7. The first kappa shape index (κ1) is 14.6. The fourth-order valence-electron chi connectivity index (χ4n) is 3.83. The third kappa shape index (κ3) is 2.81. The summed E-state index contributed by atoms with van der Waals surface area (Å²) in [4.78, 5) is 0. The van der Waals surface area contributed by atoms with Gasteiger partial charge in [0.15, 0.2) is 0 Å². The van der Waals surface area contributed by atoms with Crippen LogP contribution in [0.1, 0.15) is 55.8 Å². The van der Waals surface area contributed by atoms with E-state index in [1.54, 1.807) is 0 Å². The van der Waals surface area contributed by atoms with Crippen molar-refractivity contribution in [2.45, 2.75) is 57.2 Å². The highest BCUT2D eigenvalue weighted by Gasteiger charge is 2.41. The number of ether oxygens (including phenoxy) is 1. The normalized spacial score (nSPS) is 26.9. The van der Waals surface area contributed by atoms with Crippen LogP contribution in [0, 0.1) is 12.8 Å². The summed E-state index contributed by atoms with van der Waals surface area (Å²) in [6.07, 6.45) is 6.54. The number of hydrogen-bond donors (Lipinski definition) is 1. The quantitative estimate of drug-likeness (QED) is 0.858. The van der Waals surface area contributed by atoms with E-state index in [-0.39, 0.29) is 11.7 Å². The molecule has 0 aromatic heterocycles. The number of hydrogen-bond acceptors (Lipinski definition) is 2. The molecule has 1 aromatic rings. The van der Waals surface area contributed by atoms with Gasteiger partial charge in [0.05, 0.1) is 11.7 Å². The fourth-order valence-corrected chi connectivity index (χ4v) is 4.07. The average molecular weight is 339 g/mol. The fraction of sp³-hybridized carbons (Fsp3) is 0.647. The monoisotopic (exact) mass is 338 g/mol. The maximum Gasteiger partial charge on any atom is 0.0820 e. The molecule has 2 aliphatic rings. The molecular weight excluding hydrogens is 316 g/mol. The van der Waals surface area contributed by atoms with Crippen molar-refractivity contribution < 1.29 is 9.84 Å². The van der Waals surface area contributed by atoms with Crippen molar-refractivity contribution in [3.63, 3.8) is 0 Å². The van der Waals surface area contributed by atoms with Gasteiger partial charge >= 0.3 is 0 Å². The zero-order chi connectivity index (χ0) is 14.2. The van der Waals surface area contributed by atoms with E-state index in [0.29, 0.717) is 5.92 Å². The van der Waals surface area contributed by atoms with E-state index in [9.17, 15) is 5.11 Å². The van der Waals surface area contributed by atoms with E-state index in [1.165, 1.54) is 31.2 Å². The summed E-state index contributed by atoms with van der Waals surface area (Å²) in [6, 6.07) is 6.18. The predicted molar refractivity (Wildman–Crippen MR) is 83.7 cm³/mol. The van der Waals surface area contributed by atoms with Gasteiger partial charge in [-0.1, -0.05) is 40.9 Å². The van der Waals surface area contributed by atoms with E-state index in [1.807, 2.05) is 12.1 Å². The second kappa shape index (κ2) is 5.78. The highest BCUT2D eigenvalue weighted by Crippen LogP contribution is 2.45. The summed E-state index contributed by atoms with van der Waals surface area (Å²) in [5, 5.41) is 10.7. The first-order valence-electron chi connectivity index (χ1n) is 7.68. The van der Waals surface area contributed by atoms with Gasteiger partial charge in [0.2, 0.25) is 0 Å². The molecule has 1 saturated heterocycles. The Morgan fingerprint density at radius 2 is 2.10 bits per heavy atom. The van der Waals surface area contributed by atoms with Gasteiger partial charge < -0.3 is 9.84 Å². The third-order valence-corrected chi connectivity index (χ3v) is 5.91. The van der Waals surface area contributed by atoms with Gasteiger partial charge in [-0.15, -0.1) is 0 Å². The Morgan fingerprint density at radius 3 is 2.80 bits per heavy atom. The van der Waals surface area contributed by atoms with Crippen LogP contribution in [0.15, 0.2) is 22.7 Å². The first-order valence-corrected chi connectivity index (χ1v) is 8.47. The van der Waals surface area contributed by atoms with Crippen molar-refractivity contribution in [2.24, 2.45) is 5.92 Å². The molecule has 2 fully saturated rings. The maximum atomic E-state index is 10.7. The summed E-state index contributed by atoms with van der Waals surface area (Å²) < 4.78 is 7.17. The van der Waals surface area contributed by atoms with Crippen molar-refractivity contribution in [1.29, 1.82) is 0 Å². The molecule has 1 aliphatic heterocycles. The zero-order valence-electron chi connectivity index (χ0n) is 12.1. The van der Waals surface area contributed by atoms with Crippen LogP contribution in [0.25, 0.3) is 0 Å². The van der Waals surface area contributed by atoms with Crippen LogP contribution in [0.3, 0.4) is 0 Å². The molecule has 2 atom stereocenters. The van der Waals surface area contributed by atoms with E-state index in [4.69, 9.17) is 4.74 Å². The lowest BCUT2D eigenvalue weighted by atomic mass is 9.79. The minimum atomic E-state index is -0.358. The van der Waals surface area contributed by atoms with E-state index < -0.39 is 0 Å². The Labute approximate surface area is 129 Å². The van der Waals surface area contributed by atoms with Gasteiger partial charge in [0.1, 0.15) is 0 Å². The van der Waals surface area contributed by atoms with Gasteiger partial charge in [0, 0.05) is 11.1 Å². The minimum Gasteiger partial charge on any atom is -0.388 e. The van der Waals surface area contributed by atoms with Crippen LogP contribution in [-0.4, -0.2) is 17.3 Å². The number of rotatable bonds is 2. The standard InChI is InChI=1S/C17H23BrO2/c1-12-10-13(4-5-15(12)18)16(19)14-6-9-20-17(11-14)7-2-3-8-17/h4-5,10,14,16,19H,2-3,6-9,11H2,1H3. The van der Waals surface area contributed by atoms with Gasteiger partial charge in [-0.05, 0) is 55.7 Å². The number of aryl methyl sites for hydroxylation is 1. The number of benzene rings is 1. The molecule has 110 valence electrons. The van der Waals surface area contributed by atoms with Crippen molar-refractivity contribution in [3.05, 3.63) is 33.8 Å². The molecular formula is C17H23BrO2. The SMILES string of the molecule is Cc1cc(C(O)C2CCOC3(CCCC3)C2)ccc1Br. The molecule has 0 radical (unpaired) electrons. The summed E-state index contributed by atoms with van der Waals surface area (Å²) in [6.45, 7) is 2.87. The summed E-state index contributed by atoms with van der Waals surface area (Å²) in [5.41, 5.74) is 2.31. The van der Waals surface area contributed by atoms with Crippen molar-refractivity contribution in [3.8, 4) is 0 Å². The Hall–Kier alpha value is -0.380. The molecule has 20 heavy (non-hydrogen) atoms. The Morgan fingerprint density at radius 1 is 1.35 bits per heavy atom.